The van der Waals surface area contributed by atoms with Crippen LogP contribution in [0.25, 0.3) is 0 Å². The summed E-state index contributed by atoms with van der Waals surface area (Å²) in [6.07, 6.45) is 3.07. The molecular formula is C18H31N3O2. The summed E-state index contributed by atoms with van der Waals surface area (Å²) in [5, 5.41) is 15.8. The number of nitrogens with zero attached hydrogens (tertiary/aromatic N) is 1. The summed E-state index contributed by atoms with van der Waals surface area (Å²) in [6, 6.07) is 7.95. The zero-order valence-corrected chi connectivity index (χ0v) is 14.6. The summed E-state index contributed by atoms with van der Waals surface area (Å²) in [5.74, 6) is 2.14. The van der Waals surface area contributed by atoms with Gasteiger partial charge in [0.25, 0.3) is 0 Å². The second-order valence-electron chi connectivity index (χ2n) is 5.59. The highest BCUT2D eigenvalue weighted by atomic mass is 16.5. The fourth-order valence-corrected chi connectivity index (χ4v) is 2.46. The highest BCUT2D eigenvalue weighted by molar-refractivity contribution is 5.79. The van der Waals surface area contributed by atoms with Crippen molar-refractivity contribution < 1.29 is 9.84 Å². The Hall–Kier alpha value is -1.75. The molecule has 0 fully saturated rings. The van der Waals surface area contributed by atoms with E-state index in [-0.39, 0.29) is 6.61 Å². The van der Waals surface area contributed by atoms with Crippen LogP contribution in [0.5, 0.6) is 5.75 Å². The highest BCUT2D eigenvalue weighted by Crippen LogP contribution is 2.13. The molecule has 1 atom stereocenters. The number of nitrogens with one attached hydrogen (secondary N) is 2. The van der Waals surface area contributed by atoms with Crippen LogP contribution < -0.4 is 15.4 Å². The van der Waals surface area contributed by atoms with E-state index < -0.39 is 0 Å². The lowest BCUT2D eigenvalue weighted by molar-refractivity contribution is 0.251. The molecule has 0 spiro atoms. The fourth-order valence-electron chi connectivity index (χ4n) is 2.46. The van der Waals surface area contributed by atoms with Crippen molar-refractivity contribution in [2.75, 3.05) is 26.8 Å². The van der Waals surface area contributed by atoms with Crippen molar-refractivity contribution in [3.05, 3.63) is 29.8 Å². The van der Waals surface area contributed by atoms with Crippen LogP contribution in [-0.4, -0.2) is 37.9 Å². The third-order valence-corrected chi connectivity index (χ3v) is 3.69. The molecule has 1 unspecified atom stereocenters. The van der Waals surface area contributed by atoms with Crippen molar-refractivity contribution in [1.82, 2.24) is 10.6 Å². The Morgan fingerprint density at radius 3 is 2.74 bits per heavy atom. The smallest absolute Gasteiger partial charge is 0.191 e. The van der Waals surface area contributed by atoms with Crippen molar-refractivity contribution in [3.63, 3.8) is 0 Å². The molecule has 5 nitrogen and oxygen atoms in total. The first-order chi connectivity index (χ1) is 11.2. The van der Waals surface area contributed by atoms with Gasteiger partial charge in [-0.3, -0.25) is 0 Å². The number of ether oxygens (including phenoxy) is 1. The second-order valence-corrected chi connectivity index (χ2v) is 5.59. The molecule has 130 valence electrons. The zero-order valence-electron chi connectivity index (χ0n) is 14.6. The molecule has 0 saturated carbocycles. The van der Waals surface area contributed by atoms with Crippen LogP contribution in [0.1, 0.15) is 38.7 Å². The Kier molecular flexibility index (Phi) is 9.87. The molecule has 1 aromatic carbocycles. The summed E-state index contributed by atoms with van der Waals surface area (Å²) in [5.41, 5.74) is 1.11. The van der Waals surface area contributed by atoms with Crippen LogP contribution in [0.2, 0.25) is 0 Å². The van der Waals surface area contributed by atoms with Crippen molar-refractivity contribution in [2.45, 2.75) is 39.7 Å². The molecule has 1 rings (SSSR count). The molecule has 0 aliphatic rings. The number of aliphatic hydroxyl groups excluding tert-OH is 1. The van der Waals surface area contributed by atoms with Crippen LogP contribution >= 0.6 is 0 Å². The normalized spacial score (nSPS) is 12.8. The first-order valence-electron chi connectivity index (χ1n) is 8.49. The molecule has 0 aliphatic heterocycles. The number of aliphatic hydroxyl groups is 1. The third-order valence-electron chi connectivity index (χ3n) is 3.69. The van der Waals surface area contributed by atoms with Gasteiger partial charge in [0.2, 0.25) is 0 Å². The van der Waals surface area contributed by atoms with Gasteiger partial charge in [-0.1, -0.05) is 25.5 Å². The molecule has 23 heavy (non-hydrogen) atoms. The van der Waals surface area contributed by atoms with Crippen LogP contribution in [0.3, 0.4) is 0 Å². The number of benzene rings is 1. The van der Waals surface area contributed by atoms with Gasteiger partial charge in [0.1, 0.15) is 5.75 Å². The van der Waals surface area contributed by atoms with Crippen LogP contribution in [0, 0.1) is 5.92 Å². The van der Waals surface area contributed by atoms with E-state index in [1.807, 2.05) is 24.3 Å². The third kappa shape index (κ3) is 7.88. The highest BCUT2D eigenvalue weighted by Gasteiger charge is 2.08. The minimum Gasteiger partial charge on any atom is -0.497 e. The molecular weight excluding hydrogens is 290 g/mol. The van der Waals surface area contributed by atoms with Gasteiger partial charge < -0.3 is 20.5 Å². The molecule has 0 bridgehead atoms. The maximum absolute atomic E-state index is 9.15. The minimum absolute atomic E-state index is 0.240. The van der Waals surface area contributed by atoms with E-state index in [2.05, 4.69) is 29.5 Å². The average Bonchev–Trinajstić information content (AvgIpc) is 2.57. The van der Waals surface area contributed by atoms with Gasteiger partial charge in [-0.25, -0.2) is 4.99 Å². The fraction of sp³-hybridized carbons (Fsp3) is 0.611. The number of hydrogen-bond donors (Lipinski definition) is 3. The van der Waals surface area contributed by atoms with Crippen molar-refractivity contribution in [1.29, 1.82) is 0 Å². The Morgan fingerprint density at radius 2 is 2.09 bits per heavy atom. The quantitative estimate of drug-likeness (QED) is 0.458. The average molecular weight is 321 g/mol. The Bertz CT molecular complexity index is 457. The molecule has 1 aromatic rings. The Morgan fingerprint density at radius 1 is 1.26 bits per heavy atom. The standard InChI is InChI=1S/C18H31N3O2/c1-4-7-15(10-11-22)13-20-18(19-5-2)21-14-16-8-6-9-17(12-16)23-3/h6,8-9,12,15,22H,4-5,7,10-11,13-14H2,1-3H3,(H2,19,20,21). The van der Waals surface area contributed by atoms with Crippen molar-refractivity contribution >= 4 is 5.96 Å². The van der Waals surface area contributed by atoms with Gasteiger partial charge in [-0.05, 0) is 43.4 Å². The van der Waals surface area contributed by atoms with Crippen LogP contribution in [0.4, 0.5) is 0 Å². The van der Waals surface area contributed by atoms with Gasteiger partial charge in [0.05, 0.1) is 13.7 Å². The predicted molar refractivity (Wildman–Crippen MR) is 95.9 cm³/mol. The summed E-state index contributed by atoms with van der Waals surface area (Å²) in [4.78, 5) is 4.63. The number of rotatable bonds is 10. The van der Waals surface area contributed by atoms with E-state index in [9.17, 15) is 0 Å². The molecule has 0 radical (unpaired) electrons. The predicted octanol–water partition coefficient (Wildman–Crippen LogP) is 2.55. The van der Waals surface area contributed by atoms with Crippen LogP contribution in [0.15, 0.2) is 29.3 Å². The maximum atomic E-state index is 9.15. The van der Waals surface area contributed by atoms with Gasteiger partial charge >= 0.3 is 0 Å². The SMILES string of the molecule is CCCC(CCO)CNC(=NCc1cccc(OC)c1)NCC. The summed E-state index contributed by atoms with van der Waals surface area (Å²) in [6.45, 7) is 6.72. The Labute approximate surface area is 140 Å². The lowest BCUT2D eigenvalue weighted by Crippen LogP contribution is -2.40. The second kappa shape index (κ2) is 11.8. The lowest BCUT2D eigenvalue weighted by Gasteiger charge is -2.18. The molecule has 0 amide bonds. The van der Waals surface area contributed by atoms with E-state index in [0.717, 1.165) is 49.6 Å². The number of guanidine groups is 1. The summed E-state index contributed by atoms with van der Waals surface area (Å²) in [7, 11) is 1.67. The molecule has 0 heterocycles. The Balaban J connectivity index is 2.61. The zero-order chi connectivity index (χ0) is 16.9. The molecule has 3 N–H and O–H groups in total. The van der Waals surface area contributed by atoms with E-state index in [0.29, 0.717) is 12.5 Å². The number of aliphatic imine (C=N–C) groups is 1. The summed E-state index contributed by atoms with van der Waals surface area (Å²) < 4.78 is 5.24. The molecule has 0 saturated heterocycles. The lowest BCUT2D eigenvalue weighted by atomic mass is 10.0. The molecule has 0 aliphatic carbocycles. The van der Waals surface area contributed by atoms with Crippen molar-refractivity contribution in [3.8, 4) is 5.75 Å². The van der Waals surface area contributed by atoms with E-state index in [1.54, 1.807) is 7.11 Å². The van der Waals surface area contributed by atoms with E-state index in [4.69, 9.17) is 9.84 Å². The topological polar surface area (TPSA) is 65.9 Å². The van der Waals surface area contributed by atoms with Gasteiger partial charge in [0, 0.05) is 19.7 Å². The number of methoxy groups -OCH3 is 1. The van der Waals surface area contributed by atoms with E-state index >= 15 is 0 Å². The largest absolute Gasteiger partial charge is 0.497 e. The first kappa shape index (κ1) is 19.3. The van der Waals surface area contributed by atoms with Crippen molar-refractivity contribution in [2.24, 2.45) is 10.9 Å². The first-order valence-corrected chi connectivity index (χ1v) is 8.49. The van der Waals surface area contributed by atoms with Crippen LogP contribution in [-0.2, 0) is 6.54 Å². The molecule has 0 aromatic heterocycles. The van der Waals surface area contributed by atoms with Gasteiger partial charge in [-0.2, -0.15) is 0 Å². The monoisotopic (exact) mass is 321 g/mol. The molecule has 5 heteroatoms. The maximum Gasteiger partial charge on any atom is 0.191 e. The summed E-state index contributed by atoms with van der Waals surface area (Å²) >= 11 is 0. The van der Waals surface area contributed by atoms with Gasteiger partial charge in [0.15, 0.2) is 5.96 Å². The minimum atomic E-state index is 0.240. The number of hydrogen-bond acceptors (Lipinski definition) is 3. The van der Waals surface area contributed by atoms with E-state index in [1.165, 1.54) is 0 Å². The van der Waals surface area contributed by atoms with Gasteiger partial charge in [-0.15, -0.1) is 0 Å².